The van der Waals surface area contributed by atoms with Crippen LogP contribution >= 0.6 is 0 Å². The third kappa shape index (κ3) is 5.24. The largest absolute Gasteiger partial charge is 0.356 e. The number of piperidine rings is 1. The molecule has 1 fully saturated rings. The van der Waals surface area contributed by atoms with Gasteiger partial charge in [0.2, 0.25) is 11.8 Å². The van der Waals surface area contributed by atoms with Crippen LogP contribution in [-0.4, -0.2) is 55.9 Å². The van der Waals surface area contributed by atoms with E-state index < -0.39 is 0 Å². The maximum Gasteiger partial charge on any atom is 0.225 e. The van der Waals surface area contributed by atoms with E-state index in [0.717, 1.165) is 30.8 Å². The molecule has 0 spiro atoms. The Morgan fingerprint density at radius 3 is 2.93 bits per heavy atom. The number of hydrogen-bond donors (Lipinski definition) is 3. The van der Waals surface area contributed by atoms with Gasteiger partial charge in [-0.2, -0.15) is 0 Å². The zero-order valence-electron chi connectivity index (χ0n) is 16.8. The maximum atomic E-state index is 12.4. The van der Waals surface area contributed by atoms with Gasteiger partial charge in [-0.25, -0.2) is 0 Å². The number of carbonyl (C=O) groups is 2. The van der Waals surface area contributed by atoms with E-state index in [9.17, 15) is 9.59 Å². The smallest absolute Gasteiger partial charge is 0.225 e. The molecule has 2 amide bonds. The molecule has 2 atom stereocenters. The minimum absolute atomic E-state index is 0.0369. The molecule has 2 aliphatic rings. The molecule has 0 aromatic heterocycles. The summed E-state index contributed by atoms with van der Waals surface area (Å²) in [5, 5.41) is 9.43. The first kappa shape index (κ1) is 20.2. The van der Waals surface area contributed by atoms with Crippen molar-refractivity contribution in [2.45, 2.75) is 38.5 Å². The van der Waals surface area contributed by atoms with E-state index in [1.165, 1.54) is 6.42 Å². The van der Waals surface area contributed by atoms with E-state index in [1.54, 1.807) is 7.05 Å². The predicted octanol–water partition coefficient (Wildman–Crippen LogP) is 1.93. The fraction of sp³-hybridized carbons (Fsp3) is 0.571. The standard InChI is InChI=1S/C21H31N5O2/c1-15-6-5-11-26(14-15)20(28)9-10-23-21(22-2)24-13-16-12-19(27)25-18-8-4-3-7-17(16)18/h3-4,7-8,15-16H,5-6,9-14H2,1-2H3,(H,25,27)(H2,22,23,24). The van der Waals surface area contributed by atoms with Gasteiger partial charge in [-0.1, -0.05) is 25.1 Å². The molecule has 152 valence electrons. The Bertz CT molecular complexity index is 733. The number of guanidine groups is 1. The summed E-state index contributed by atoms with van der Waals surface area (Å²) in [7, 11) is 1.71. The summed E-state index contributed by atoms with van der Waals surface area (Å²) < 4.78 is 0. The van der Waals surface area contributed by atoms with Gasteiger partial charge < -0.3 is 20.9 Å². The van der Waals surface area contributed by atoms with Crippen molar-refractivity contribution in [3.8, 4) is 0 Å². The van der Waals surface area contributed by atoms with Crippen LogP contribution < -0.4 is 16.0 Å². The SMILES string of the molecule is CN=C(NCCC(=O)N1CCCC(C)C1)NCC1CC(=O)Nc2ccccc21. The van der Waals surface area contributed by atoms with Crippen molar-refractivity contribution in [1.82, 2.24) is 15.5 Å². The van der Waals surface area contributed by atoms with Crippen molar-refractivity contribution < 1.29 is 9.59 Å². The number of para-hydroxylation sites is 1. The number of amides is 2. The number of fused-ring (bicyclic) bond motifs is 1. The molecule has 2 heterocycles. The second kappa shape index (κ2) is 9.57. The summed E-state index contributed by atoms with van der Waals surface area (Å²) in [5.74, 6) is 1.58. The Hall–Kier alpha value is -2.57. The highest BCUT2D eigenvalue weighted by Gasteiger charge is 2.25. The van der Waals surface area contributed by atoms with Crippen LogP contribution in [0, 0.1) is 5.92 Å². The van der Waals surface area contributed by atoms with Gasteiger partial charge in [-0.15, -0.1) is 0 Å². The van der Waals surface area contributed by atoms with Gasteiger partial charge in [0.15, 0.2) is 5.96 Å². The van der Waals surface area contributed by atoms with E-state index in [4.69, 9.17) is 0 Å². The highest BCUT2D eigenvalue weighted by atomic mass is 16.2. The van der Waals surface area contributed by atoms with E-state index in [-0.39, 0.29) is 17.7 Å². The minimum atomic E-state index is 0.0369. The van der Waals surface area contributed by atoms with Crippen LogP contribution in [0.5, 0.6) is 0 Å². The highest BCUT2D eigenvalue weighted by Crippen LogP contribution is 2.31. The van der Waals surface area contributed by atoms with Gasteiger partial charge >= 0.3 is 0 Å². The van der Waals surface area contributed by atoms with E-state index in [0.29, 0.717) is 37.8 Å². The van der Waals surface area contributed by atoms with Crippen LogP contribution in [-0.2, 0) is 9.59 Å². The van der Waals surface area contributed by atoms with Gasteiger partial charge in [0.1, 0.15) is 0 Å². The fourth-order valence-corrected chi connectivity index (χ4v) is 3.99. The molecule has 28 heavy (non-hydrogen) atoms. The van der Waals surface area contributed by atoms with Crippen molar-refractivity contribution in [3.63, 3.8) is 0 Å². The maximum absolute atomic E-state index is 12.4. The number of likely N-dealkylation sites (tertiary alicyclic amines) is 1. The molecule has 0 bridgehead atoms. The lowest BCUT2D eigenvalue weighted by Crippen LogP contribution is -2.43. The van der Waals surface area contributed by atoms with E-state index in [2.05, 4.69) is 33.9 Å². The molecular formula is C21H31N5O2. The van der Waals surface area contributed by atoms with Crippen molar-refractivity contribution in [3.05, 3.63) is 29.8 Å². The second-order valence-corrected chi connectivity index (χ2v) is 7.75. The van der Waals surface area contributed by atoms with E-state index in [1.807, 2.05) is 23.1 Å². The lowest BCUT2D eigenvalue weighted by Gasteiger charge is -2.31. The van der Waals surface area contributed by atoms with Gasteiger partial charge in [-0.05, 0) is 30.4 Å². The monoisotopic (exact) mass is 385 g/mol. The predicted molar refractivity (Wildman–Crippen MR) is 111 cm³/mol. The molecule has 1 aromatic carbocycles. The Morgan fingerprint density at radius 1 is 1.32 bits per heavy atom. The number of carbonyl (C=O) groups excluding carboxylic acids is 2. The zero-order chi connectivity index (χ0) is 19.9. The van der Waals surface area contributed by atoms with Crippen LogP contribution in [0.15, 0.2) is 29.3 Å². The number of rotatable bonds is 5. The summed E-state index contributed by atoms with van der Waals surface area (Å²) in [6, 6.07) is 7.90. The number of benzene rings is 1. The topological polar surface area (TPSA) is 85.8 Å². The first-order chi connectivity index (χ1) is 13.6. The van der Waals surface area contributed by atoms with Crippen LogP contribution in [0.25, 0.3) is 0 Å². The second-order valence-electron chi connectivity index (χ2n) is 7.75. The number of aliphatic imine (C=N–C) groups is 1. The average Bonchev–Trinajstić information content (AvgIpc) is 2.70. The van der Waals surface area contributed by atoms with Crippen LogP contribution in [0.3, 0.4) is 0 Å². The summed E-state index contributed by atoms with van der Waals surface area (Å²) in [4.78, 5) is 30.5. The van der Waals surface area contributed by atoms with E-state index >= 15 is 0 Å². The third-order valence-corrected chi connectivity index (χ3v) is 5.49. The normalized spacial score (nSPS) is 22.3. The van der Waals surface area contributed by atoms with Crippen molar-refractivity contribution in [2.24, 2.45) is 10.9 Å². The van der Waals surface area contributed by atoms with Crippen molar-refractivity contribution >= 4 is 23.5 Å². The average molecular weight is 386 g/mol. The quantitative estimate of drug-likeness (QED) is 0.534. The lowest BCUT2D eigenvalue weighted by atomic mass is 9.90. The molecular weight excluding hydrogens is 354 g/mol. The number of hydrogen-bond acceptors (Lipinski definition) is 3. The molecule has 2 aliphatic heterocycles. The molecule has 0 radical (unpaired) electrons. The lowest BCUT2D eigenvalue weighted by molar-refractivity contribution is -0.132. The Kier molecular flexibility index (Phi) is 6.90. The van der Waals surface area contributed by atoms with Crippen LogP contribution in [0.4, 0.5) is 5.69 Å². The molecule has 3 N–H and O–H groups in total. The number of anilines is 1. The summed E-state index contributed by atoms with van der Waals surface area (Å²) in [6.45, 7) is 5.11. The van der Waals surface area contributed by atoms with Gasteiger partial charge in [0.05, 0.1) is 0 Å². The Balaban J connectivity index is 1.45. The number of nitrogens with zero attached hydrogens (tertiary/aromatic N) is 2. The van der Waals surface area contributed by atoms with Gasteiger partial charge in [0, 0.05) is 57.7 Å². The Labute approximate surface area is 167 Å². The molecule has 0 aliphatic carbocycles. The first-order valence-corrected chi connectivity index (χ1v) is 10.2. The molecule has 7 nitrogen and oxygen atoms in total. The molecule has 0 saturated carbocycles. The fourth-order valence-electron chi connectivity index (χ4n) is 3.99. The molecule has 2 unspecified atom stereocenters. The first-order valence-electron chi connectivity index (χ1n) is 10.2. The molecule has 1 aromatic rings. The van der Waals surface area contributed by atoms with Crippen molar-refractivity contribution in [1.29, 1.82) is 0 Å². The Morgan fingerprint density at radius 2 is 2.14 bits per heavy atom. The van der Waals surface area contributed by atoms with Crippen LogP contribution in [0.1, 0.15) is 44.1 Å². The summed E-state index contributed by atoms with van der Waals surface area (Å²) >= 11 is 0. The molecule has 1 saturated heterocycles. The summed E-state index contributed by atoms with van der Waals surface area (Å²) in [6.07, 6.45) is 3.22. The van der Waals surface area contributed by atoms with Gasteiger partial charge in [0.25, 0.3) is 0 Å². The molecule has 3 rings (SSSR count). The minimum Gasteiger partial charge on any atom is -0.356 e. The highest BCUT2D eigenvalue weighted by molar-refractivity contribution is 5.94. The summed E-state index contributed by atoms with van der Waals surface area (Å²) in [5.41, 5.74) is 2.02. The zero-order valence-corrected chi connectivity index (χ0v) is 16.8. The third-order valence-electron chi connectivity index (χ3n) is 5.49. The van der Waals surface area contributed by atoms with Crippen molar-refractivity contribution in [2.75, 3.05) is 38.5 Å². The van der Waals surface area contributed by atoms with Gasteiger partial charge in [-0.3, -0.25) is 14.6 Å². The number of nitrogens with one attached hydrogen (secondary N) is 3. The molecule has 7 heteroatoms. The van der Waals surface area contributed by atoms with Crippen LogP contribution in [0.2, 0.25) is 0 Å².